The van der Waals surface area contributed by atoms with E-state index < -0.39 is 6.10 Å². The van der Waals surface area contributed by atoms with Gasteiger partial charge in [-0.15, -0.1) is 11.3 Å². The van der Waals surface area contributed by atoms with Crippen LogP contribution in [0.1, 0.15) is 32.0 Å². The summed E-state index contributed by atoms with van der Waals surface area (Å²) in [5, 5.41) is 14.2. The summed E-state index contributed by atoms with van der Waals surface area (Å²) in [6.07, 6.45) is -0.759. The summed E-state index contributed by atoms with van der Waals surface area (Å²) in [6, 6.07) is 6.89. The van der Waals surface area contributed by atoms with Crippen LogP contribution in [-0.2, 0) is 0 Å². The molecular formula is C14H15ClN2O2S. The molecule has 4 nitrogen and oxygen atoms in total. The van der Waals surface area contributed by atoms with E-state index in [1.165, 1.54) is 11.3 Å². The lowest BCUT2D eigenvalue weighted by Crippen LogP contribution is -2.28. The van der Waals surface area contributed by atoms with Gasteiger partial charge in [-0.05, 0) is 31.5 Å². The number of rotatable bonds is 4. The van der Waals surface area contributed by atoms with Gasteiger partial charge >= 0.3 is 0 Å². The van der Waals surface area contributed by atoms with E-state index in [9.17, 15) is 9.90 Å². The minimum absolute atomic E-state index is 0.150. The van der Waals surface area contributed by atoms with Gasteiger partial charge in [0.1, 0.15) is 4.88 Å². The summed E-state index contributed by atoms with van der Waals surface area (Å²) in [4.78, 5) is 16.8. The van der Waals surface area contributed by atoms with Gasteiger partial charge in [0.2, 0.25) is 0 Å². The quantitative estimate of drug-likeness (QED) is 0.913. The van der Waals surface area contributed by atoms with Crippen LogP contribution in [0.2, 0.25) is 5.02 Å². The summed E-state index contributed by atoms with van der Waals surface area (Å²) >= 11 is 7.14. The topological polar surface area (TPSA) is 62.2 Å². The Morgan fingerprint density at radius 3 is 2.60 bits per heavy atom. The molecule has 1 aromatic heterocycles. The van der Waals surface area contributed by atoms with Gasteiger partial charge in [0.25, 0.3) is 5.91 Å². The molecule has 0 aliphatic carbocycles. The summed E-state index contributed by atoms with van der Waals surface area (Å²) in [5.74, 6) is -0.207. The minimum atomic E-state index is -0.759. The first-order valence-corrected chi connectivity index (χ1v) is 7.32. The van der Waals surface area contributed by atoms with Crippen LogP contribution in [-0.4, -0.2) is 22.5 Å². The molecule has 0 aliphatic rings. The van der Waals surface area contributed by atoms with Gasteiger partial charge in [-0.25, -0.2) is 4.98 Å². The minimum Gasteiger partial charge on any atom is -0.387 e. The molecular weight excluding hydrogens is 296 g/mol. The fourth-order valence-electron chi connectivity index (χ4n) is 1.81. The molecule has 0 saturated heterocycles. The highest BCUT2D eigenvalue weighted by Crippen LogP contribution is 2.18. The number of halogens is 1. The van der Waals surface area contributed by atoms with Crippen molar-refractivity contribution < 1.29 is 9.90 Å². The molecule has 2 N–H and O–H groups in total. The van der Waals surface area contributed by atoms with Crippen molar-refractivity contribution in [2.24, 2.45) is 0 Å². The lowest BCUT2D eigenvalue weighted by molar-refractivity contribution is 0.0919. The third-order valence-electron chi connectivity index (χ3n) is 2.82. The van der Waals surface area contributed by atoms with Crippen molar-refractivity contribution in [2.45, 2.75) is 20.0 Å². The Bertz CT molecular complexity index is 610. The van der Waals surface area contributed by atoms with Crippen molar-refractivity contribution in [3.8, 4) is 0 Å². The molecule has 1 atom stereocenters. The third kappa shape index (κ3) is 3.56. The molecule has 0 aliphatic heterocycles. The van der Waals surface area contributed by atoms with Crippen molar-refractivity contribution >= 4 is 28.8 Å². The number of aromatic nitrogens is 1. The molecule has 2 aromatic rings. The molecule has 1 unspecified atom stereocenters. The fourth-order valence-corrected chi connectivity index (χ4v) is 2.78. The smallest absolute Gasteiger partial charge is 0.263 e. The first-order chi connectivity index (χ1) is 9.47. The number of benzene rings is 1. The molecule has 2 rings (SSSR count). The Hall–Kier alpha value is -1.43. The van der Waals surface area contributed by atoms with E-state index in [1.807, 2.05) is 6.92 Å². The number of nitrogens with zero attached hydrogens (tertiary/aromatic N) is 1. The Labute approximate surface area is 126 Å². The second kappa shape index (κ2) is 6.35. The summed E-state index contributed by atoms with van der Waals surface area (Å²) in [6.45, 7) is 3.81. The summed E-state index contributed by atoms with van der Waals surface area (Å²) in [7, 11) is 0. The average molecular weight is 311 g/mol. The molecule has 0 bridgehead atoms. The van der Waals surface area contributed by atoms with Crippen LogP contribution in [0.3, 0.4) is 0 Å². The van der Waals surface area contributed by atoms with Gasteiger partial charge in [0, 0.05) is 11.6 Å². The number of aliphatic hydroxyl groups excluding tert-OH is 1. The van der Waals surface area contributed by atoms with Crippen molar-refractivity contribution in [3.63, 3.8) is 0 Å². The molecule has 0 saturated carbocycles. The second-order valence-corrected chi connectivity index (χ2v) is 6.06. The average Bonchev–Trinajstić information content (AvgIpc) is 2.75. The predicted octanol–water partition coefficient (Wildman–Crippen LogP) is 2.88. The maximum absolute atomic E-state index is 12.0. The molecule has 1 heterocycles. The molecule has 1 amide bonds. The van der Waals surface area contributed by atoms with Crippen LogP contribution < -0.4 is 5.32 Å². The summed E-state index contributed by atoms with van der Waals surface area (Å²) in [5.41, 5.74) is 1.43. The number of aliphatic hydroxyl groups is 1. The third-order valence-corrected chi connectivity index (χ3v) is 4.14. The van der Waals surface area contributed by atoms with Gasteiger partial charge in [0.05, 0.1) is 16.8 Å². The molecule has 0 fully saturated rings. The number of carbonyl (C=O) groups excluding carboxylic acids is 1. The number of thiazole rings is 1. The van der Waals surface area contributed by atoms with E-state index in [2.05, 4.69) is 10.3 Å². The molecule has 6 heteroatoms. The van der Waals surface area contributed by atoms with Crippen LogP contribution in [0, 0.1) is 13.8 Å². The number of hydrogen-bond acceptors (Lipinski definition) is 4. The van der Waals surface area contributed by atoms with E-state index in [-0.39, 0.29) is 12.5 Å². The predicted molar refractivity (Wildman–Crippen MR) is 80.3 cm³/mol. The number of nitrogens with one attached hydrogen (secondary N) is 1. The van der Waals surface area contributed by atoms with Crippen LogP contribution in [0.4, 0.5) is 0 Å². The maximum atomic E-state index is 12.0. The monoisotopic (exact) mass is 310 g/mol. The van der Waals surface area contributed by atoms with Crippen LogP contribution in [0.15, 0.2) is 24.3 Å². The number of aryl methyl sites for hydroxylation is 2. The van der Waals surface area contributed by atoms with E-state index in [1.54, 1.807) is 31.2 Å². The van der Waals surface area contributed by atoms with Gasteiger partial charge in [0.15, 0.2) is 0 Å². The maximum Gasteiger partial charge on any atom is 0.263 e. The van der Waals surface area contributed by atoms with Crippen LogP contribution in [0.5, 0.6) is 0 Å². The number of amides is 1. The molecule has 20 heavy (non-hydrogen) atoms. The first kappa shape index (κ1) is 15.0. The Balaban J connectivity index is 1.96. The molecule has 1 aromatic carbocycles. The number of carbonyl (C=O) groups is 1. The van der Waals surface area contributed by atoms with Crippen LogP contribution >= 0.6 is 22.9 Å². The highest BCUT2D eigenvalue weighted by atomic mass is 35.5. The molecule has 0 radical (unpaired) electrons. The Morgan fingerprint density at radius 1 is 1.40 bits per heavy atom. The zero-order chi connectivity index (χ0) is 14.7. The van der Waals surface area contributed by atoms with Crippen molar-refractivity contribution in [3.05, 3.63) is 50.4 Å². The largest absolute Gasteiger partial charge is 0.387 e. The molecule has 0 spiro atoms. The van der Waals surface area contributed by atoms with E-state index in [4.69, 9.17) is 11.6 Å². The van der Waals surface area contributed by atoms with E-state index in [0.29, 0.717) is 21.2 Å². The van der Waals surface area contributed by atoms with E-state index in [0.717, 1.165) is 5.01 Å². The van der Waals surface area contributed by atoms with Crippen molar-refractivity contribution in [1.29, 1.82) is 0 Å². The molecule has 106 valence electrons. The summed E-state index contributed by atoms with van der Waals surface area (Å²) < 4.78 is 0. The Morgan fingerprint density at radius 2 is 2.05 bits per heavy atom. The highest BCUT2D eigenvalue weighted by molar-refractivity contribution is 7.13. The van der Waals surface area contributed by atoms with Gasteiger partial charge in [-0.1, -0.05) is 23.7 Å². The zero-order valence-corrected chi connectivity index (χ0v) is 12.8. The van der Waals surface area contributed by atoms with E-state index >= 15 is 0 Å². The zero-order valence-electron chi connectivity index (χ0n) is 11.2. The first-order valence-electron chi connectivity index (χ1n) is 6.13. The Kier molecular flexibility index (Phi) is 4.75. The van der Waals surface area contributed by atoms with Crippen molar-refractivity contribution in [1.82, 2.24) is 10.3 Å². The second-order valence-electron chi connectivity index (χ2n) is 4.42. The lowest BCUT2D eigenvalue weighted by atomic mass is 10.1. The number of hydrogen-bond donors (Lipinski definition) is 2. The van der Waals surface area contributed by atoms with Gasteiger partial charge in [-0.3, -0.25) is 4.79 Å². The lowest BCUT2D eigenvalue weighted by Gasteiger charge is -2.12. The van der Waals surface area contributed by atoms with Crippen molar-refractivity contribution in [2.75, 3.05) is 6.54 Å². The normalized spacial score (nSPS) is 12.2. The van der Waals surface area contributed by atoms with Gasteiger partial charge in [-0.2, -0.15) is 0 Å². The van der Waals surface area contributed by atoms with Crippen LogP contribution in [0.25, 0.3) is 0 Å². The SMILES string of the molecule is Cc1nc(C)c(C(=O)NCC(O)c2ccc(Cl)cc2)s1. The highest BCUT2D eigenvalue weighted by Gasteiger charge is 2.15. The standard InChI is InChI=1S/C14H15ClN2O2S/c1-8-13(20-9(2)17-8)14(19)16-7-12(18)10-3-5-11(15)6-4-10/h3-6,12,18H,7H2,1-2H3,(H,16,19). The fraction of sp³-hybridized carbons (Fsp3) is 0.286. The van der Waals surface area contributed by atoms with Gasteiger partial charge < -0.3 is 10.4 Å².